The number of ether oxygens (including phenoxy) is 1. The first kappa shape index (κ1) is 17.7. The summed E-state index contributed by atoms with van der Waals surface area (Å²) in [6.07, 6.45) is 14.4. The van der Waals surface area contributed by atoms with Crippen molar-refractivity contribution in [2.24, 2.45) is 0 Å². The smallest absolute Gasteiger partial charge is 0.356 e. The molecule has 0 aliphatic rings. The second-order valence-electron chi connectivity index (χ2n) is 5.53. The van der Waals surface area contributed by atoms with Gasteiger partial charge in [-0.1, -0.05) is 70.8 Å². The number of pyridine rings is 1. The summed E-state index contributed by atoms with van der Waals surface area (Å²) in [5, 5.41) is 0. The fourth-order valence-corrected chi connectivity index (χ4v) is 2.31. The van der Waals surface area contributed by atoms with E-state index in [2.05, 4.69) is 11.9 Å². The maximum Gasteiger partial charge on any atom is 0.356 e. The Kier molecular flexibility index (Phi) is 10.4. The summed E-state index contributed by atoms with van der Waals surface area (Å²) in [4.78, 5) is 15.6. The molecular formula is C18H29NO2. The molecule has 1 aromatic rings. The number of unbranched alkanes of at least 4 members (excludes halogenated alkanes) is 9. The molecule has 3 nitrogen and oxygen atoms in total. The predicted molar refractivity (Wildman–Crippen MR) is 86.4 cm³/mol. The summed E-state index contributed by atoms with van der Waals surface area (Å²) in [5.41, 5.74) is 0.393. The average Bonchev–Trinajstić information content (AvgIpc) is 2.53. The van der Waals surface area contributed by atoms with E-state index in [0.717, 1.165) is 12.8 Å². The fourth-order valence-electron chi connectivity index (χ4n) is 2.31. The van der Waals surface area contributed by atoms with Gasteiger partial charge in [0.2, 0.25) is 0 Å². The van der Waals surface area contributed by atoms with Crippen molar-refractivity contribution >= 4 is 5.97 Å². The van der Waals surface area contributed by atoms with E-state index in [9.17, 15) is 4.79 Å². The van der Waals surface area contributed by atoms with Crippen LogP contribution in [0, 0.1) is 0 Å². The highest BCUT2D eigenvalue weighted by Gasteiger charge is 2.06. The van der Waals surface area contributed by atoms with Gasteiger partial charge in [-0.25, -0.2) is 9.78 Å². The Hall–Kier alpha value is -1.38. The lowest BCUT2D eigenvalue weighted by Crippen LogP contribution is -2.08. The van der Waals surface area contributed by atoms with E-state index >= 15 is 0 Å². The summed E-state index contributed by atoms with van der Waals surface area (Å²) < 4.78 is 5.20. The quantitative estimate of drug-likeness (QED) is 0.394. The molecule has 3 heteroatoms. The molecule has 0 atom stereocenters. The molecular weight excluding hydrogens is 262 g/mol. The van der Waals surface area contributed by atoms with Crippen molar-refractivity contribution in [1.82, 2.24) is 4.98 Å². The van der Waals surface area contributed by atoms with Crippen molar-refractivity contribution < 1.29 is 9.53 Å². The molecule has 0 N–H and O–H groups in total. The molecule has 0 bridgehead atoms. The van der Waals surface area contributed by atoms with Gasteiger partial charge in [-0.15, -0.1) is 0 Å². The second kappa shape index (κ2) is 12.4. The monoisotopic (exact) mass is 291 g/mol. The van der Waals surface area contributed by atoms with Gasteiger partial charge in [0.25, 0.3) is 0 Å². The maximum atomic E-state index is 11.6. The number of hydrogen-bond acceptors (Lipinski definition) is 3. The van der Waals surface area contributed by atoms with Gasteiger partial charge in [0, 0.05) is 6.20 Å². The molecule has 0 radical (unpaired) electrons. The number of rotatable bonds is 12. The Balaban J connectivity index is 1.88. The van der Waals surface area contributed by atoms with Gasteiger partial charge in [0.1, 0.15) is 5.69 Å². The normalized spacial score (nSPS) is 10.5. The first-order chi connectivity index (χ1) is 10.3. The van der Waals surface area contributed by atoms with Crippen LogP contribution in [-0.2, 0) is 4.74 Å². The molecule has 1 aromatic heterocycles. The molecule has 1 heterocycles. The number of hydrogen-bond donors (Lipinski definition) is 0. The van der Waals surface area contributed by atoms with Crippen molar-refractivity contribution in [3.8, 4) is 0 Å². The van der Waals surface area contributed by atoms with E-state index in [4.69, 9.17) is 4.74 Å². The Labute approximate surface area is 129 Å². The summed E-state index contributed by atoms with van der Waals surface area (Å²) in [7, 11) is 0. The lowest BCUT2D eigenvalue weighted by Gasteiger charge is -2.04. The van der Waals surface area contributed by atoms with Crippen molar-refractivity contribution in [3.63, 3.8) is 0 Å². The Bertz CT molecular complexity index is 365. The summed E-state index contributed by atoms with van der Waals surface area (Å²) in [6.45, 7) is 2.76. The zero-order valence-corrected chi connectivity index (χ0v) is 13.4. The third kappa shape index (κ3) is 9.22. The van der Waals surface area contributed by atoms with Crippen LogP contribution in [0.4, 0.5) is 0 Å². The average molecular weight is 291 g/mol. The largest absolute Gasteiger partial charge is 0.461 e. The van der Waals surface area contributed by atoms with Gasteiger partial charge >= 0.3 is 5.97 Å². The molecule has 0 aliphatic heterocycles. The number of esters is 1. The summed E-state index contributed by atoms with van der Waals surface area (Å²) >= 11 is 0. The van der Waals surface area contributed by atoms with Gasteiger partial charge in [-0.05, 0) is 18.6 Å². The van der Waals surface area contributed by atoms with Crippen LogP contribution in [-0.4, -0.2) is 17.6 Å². The molecule has 118 valence electrons. The first-order valence-electron chi connectivity index (χ1n) is 8.42. The van der Waals surface area contributed by atoms with Crippen LogP contribution in [0.2, 0.25) is 0 Å². The van der Waals surface area contributed by atoms with E-state index in [1.807, 2.05) is 0 Å². The highest BCUT2D eigenvalue weighted by atomic mass is 16.5. The highest BCUT2D eigenvalue weighted by Crippen LogP contribution is 2.10. The Morgan fingerprint density at radius 2 is 1.57 bits per heavy atom. The van der Waals surface area contributed by atoms with Crippen LogP contribution in [0.25, 0.3) is 0 Å². The van der Waals surface area contributed by atoms with Gasteiger partial charge < -0.3 is 4.74 Å². The van der Waals surface area contributed by atoms with Crippen LogP contribution in [0.15, 0.2) is 24.4 Å². The lowest BCUT2D eigenvalue weighted by atomic mass is 10.1. The van der Waals surface area contributed by atoms with E-state index < -0.39 is 0 Å². The molecule has 0 aliphatic carbocycles. The number of aromatic nitrogens is 1. The molecule has 0 saturated heterocycles. The van der Waals surface area contributed by atoms with Gasteiger partial charge in [0.05, 0.1) is 6.61 Å². The minimum Gasteiger partial charge on any atom is -0.461 e. The minimum absolute atomic E-state index is 0.313. The maximum absolute atomic E-state index is 11.6. The molecule has 0 fully saturated rings. The second-order valence-corrected chi connectivity index (χ2v) is 5.53. The van der Waals surface area contributed by atoms with Crippen LogP contribution >= 0.6 is 0 Å². The van der Waals surface area contributed by atoms with E-state index in [1.54, 1.807) is 24.4 Å². The predicted octanol–water partition coefficient (Wildman–Crippen LogP) is 5.16. The van der Waals surface area contributed by atoms with E-state index in [1.165, 1.54) is 51.4 Å². The van der Waals surface area contributed by atoms with Crippen molar-refractivity contribution in [3.05, 3.63) is 30.1 Å². The Morgan fingerprint density at radius 3 is 2.14 bits per heavy atom. The molecule has 0 aromatic carbocycles. The zero-order valence-electron chi connectivity index (χ0n) is 13.4. The van der Waals surface area contributed by atoms with Crippen molar-refractivity contribution in [1.29, 1.82) is 0 Å². The number of carbonyl (C=O) groups excluding carboxylic acids is 1. The molecule has 0 unspecified atom stereocenters. The number of nitrogens with zero attached hydrogens (tertiary/aromatic N) is 1. The SMILES string of the molecule is CCCCCCCCCCCCOC(=O)c1ccccn1. The van der Waals surface area contributed by atoms with Crippen molar-refractivity contribution in [2.45, 2.75) is 71.1 Å². The summed E-state index contributed by atoms with van der Waals surface area (Å²) in [6, 6.07) is 5.27. The third-order valence-electron chi connectivity index (χ3n) is 3.61. The first-order valence-corrected chi connectivity index (χ1v) is 8.42. The Morgan fingerprint density at radius 1 is 0.952 bits per heavy atom. The highest BCUT2D eigenvalue weighted by molar-refractivity contribution is 5.87. The zero-order chi connectivity index (χ0) is 15.2. The van der Waals surface area contributed by atoms with Crippen LogP contribution < -0.4 is 0 Å². The fraction of sp³-hybridized carbons (Fsp3) is 0.667. The number of carbonyl (C=O) groups is 1. The molecule has 1 rings (SSSR count). The van der Waals surface area contributed by atoms with Crippen LogP contribution in [0.1, 0.15) is 81.6 Å². The minimum atomic E-state index is -0.313. The molecule has 0 amide bonds. The van der Waals surface area contributed by atoms with Crippen LogP contribution in [0.5, 0.6) is 0 Å². The third-order valence-corrected chi connectivity index (χ3v) is 3.61. The molecule has 0 spiro atoms. The van der Waals surface area contributed by atoms with Gasteiger partial charge in [-0.2, -0.15) is 0 Å². The van der Waals surface area contributed by atoms with E-state index in [0.29, 0.717) is 12.3 Å². The van der Waals surface area contributed by atoms with Gasteiger partial charge in [-0.3, -0.25) is 0 Å². The van der Waals surface area contributed by atoms with Crippen molar-refractivity contribution in [2.75, 3.05) is 6.61 Å². The topological polar surface area (TPSA) is 39.2 Å². The van der Waals surface area contributed by atoms with Gasteiger partial charge in [0.15, 0.2) is 0 Å². The van der Waals surface area contributed by atoms with Crippen LogP contribution in [0.3, 0.4) is 0 Å². The summed E-state index contributed by atoms with van der Waals surface area (Å²) in [5.74, 6) is -0.313. The molecule has 0 saturated carbocycles. The molecule has 21 heavy (non-hydrogen) atoms. The standard InChI is InChI=1S/C18H29NO2/c1-2-3-4-5-6-7-8-9-10-13-16-21-18(20)17-14-11-12-15-19-17/h11-12,14-15H,2-10,13,16H2,1H3. The lowest BCUT2D eigenvalue weighted by molar-refractivity contribution is 0.0491. The van der Waals surface area contributed by atoms with E-state index in [-0.39, 0.29) is 5.97 Å².